The van der Waals surface area contributed by atoms with Crippen molar-refractivity contribution in [1.82, 2.24) is 0 Å². The summed E-state index contributed by atoms with van der Waals surface area (Å²) in [7, 11) is 1.79. The molecule has 1 atom stereocenters. The van der Waals surface area contributed by atoms with Crippen LogP contribution in [0.15, 0.2) is 0 Å². The Balaban J connectivity index is 4.26. The fourth-order valence-electron chi connectivity index (χ4n) is 1.67. The lowest BCUT2D eigenvalue weighted by molar-refractivity contribution is -0.964. The van der Waals surface area contributed by atoms with Gasteiger partial charge in [0, 0.05) is 14.0 Å². The van der Waals surface area contributed by atoms with Crippen LogP contribution < -0.4 is 0 Å². The van der Waals surface area contributed by atoms with Gasteiger partial charge in [-0.25, -0.2) is 0 Å². The molecular weight excluding hydrogens is 138 g/mol. The molecule has 0 aliphatic carbocycles. The third-order valence-electron chi connectivity index (χ3n) is 3.00. The zero-order chi connectivity index (χ0) is 8.91. The van der Waals surface area contributed by atoms with Gasteiger partial charge in [0.05, 0.1) is 19.6 Å². The molecule has 2 nitrogen and oxygen atoms in total. The molecule has 0 radical (unpaired) electrons. The number of methoxy groups -OCH3 is 1. The van der Waals surface area contributed by atoms with Crippen molar-refractivity contribution in [2.75, 3.05) is 26.7 Å². The van der Waals surface area contributed by atoms with Crippen LogP contribution in [0.5, 0.6) is 0 Å². The van der Waals surface area contributed by atoms with E-state index in [0.29, 0.717) is 6.23 Å². The molecule has 0 heterocycles. The van der Waals surface area contributed by atoms with Gasteiger partial charge in [-0.2, -0.15) is 0 Å². The number of ether oxygens (including phenoxy) is 1. The second kappa shape index (κ2) is 4.73. The van der Waals surface area contributed by atoms with E-state index in [9.17, 15) is 0 Å². The summed E-state index contributed by atoms with van der Waals surface area (Å²) in [5, 5.41) is 0. The molecule has 68 valence electrons. The van der Waals surface area contributed by atoms with Gasteiger partial charge < -0.3 is 4.74 Å². The van der Waals surface area contributed by atoms with Crippen molar-refractivity contribution in [2.45, 2.75) is 33.9 Å². The van der Waals surface area contributed by atoms with Gasteiger partial charge in [0.2, 0.25) is 0 Å². The average Bonchev–Trinajstić information content (AvgIpc) is 2.08. The van der Waals surface area contributed by atoms with Crippen LogP contribution in [-0.4, -0.2) is 37.5 Å². The Morgan fingerprint density at radius 3 is 1.55 bits per heavy atom. The summed E-state index contributed by atoms with van der Waals surface area (Å²) < 4.78 is 6.43. The topological polar surface area (TPSA) is 9.23 Å². The molecule has 0 aliphatic heterocycles. The van der Waals surface area contributed by atoms with Crippen molar-refractivity contribution in [2.24, 2.45) is 0 Å². The Morgan fingerprint density at radius 1 is 1.09 bits per heavy atom. The zero-order valence-electron chi connectivity index (χ0n) is 8.55. The van der Waals surface area contributed by atoms with Crippen LogP contribution in [0.1, 0.15) is 27.7 Å². The lowest BCUT2D eigenvalue weighted by Crippen LogP contribution is -2.54. The van der Waals surface area contributed by atoms with Gasteiger partial charge in [-0.05, 0) is 20.8 Å². The highest BCUT2D eigenvalue weighted by atomic mass is 16.5. The highest BCUT2D eigenvalue weighted by Crippen LogP contribution is 2.12. The third kappa shape index (κ3) is 2.17. The average molecular weight is 160 g/mol. The predicted octanol–water partition coefficient (Wildman–Crippen LogP) is 1.86. The SMILES string of the molecule is CC[N+](CC)(CC)C(C)OC. The Bertz CT molecular complexity index is 91.5. The van der Waals surface area contributed by atoms with Crippen LogP contribution in [0.4, 0.5) is 0 Å². The van der Waals surface area contributed by atoms with Gasteiger partial charge >= 0.3 is 0 Å². The van der Waals surface area contributed by atoms with Crippen molar-refractivity contribution < 1.29 is 9.22 Å². The summed E-state index contributed by atoms with van der Waals surface area (Å²) in [6, 6.07) is 0. The number of rotatable bonds is 5. The molecule has 0 N–H and O–H groups in total. The van der Waals surface area contributed by atoms with Crippen molar-refractivity contribution in [3.05, 3.63) is 0 Å². The molecule has 0 spiro atoms. The van der Waals surface area contributed by atoms with Gasteiger partial charge in [0.25, 0.3) is 0 Å². The zero-order valence-corrected chi connectivity index (χ0v) is 8.55. The fourth-order valence-corrected chi connectivity index (χ4v) is 1.67. The van der Waals surface area contributed by atoms with Crippen molar-refractivity contribution in [3.63, 3.8) is 0 Å². The molecule has 0 aromatic carbocycles. The van der Waals surface area contributed by atoms with Crippen LogP contribution in [0.2, 0.25) is 0 Å². The van der Waals surface area contributed by atoms with Crippen molar-refractivity contribution >= 4 is 0 Å². The predicted molar refractivity (Wildman–Crippen MR) is 48.4 cm³/mol. The summed E-state index contributed by atoms with van der Waals surface area (Å²) in [6.07, 6.45) is 0.329. The third-order valence-corrected chi connectivity index (χ3v) is 3.00. The second-order valence-corrected chi connectivity index (χ2v) is 3.00. The van der Waals surface area contributed by atoms with Gasteiger partial charge in [0.15, 0.2) is 6.23 Å². The summed E-state index contributed by atoms with van der Waals surface area (Å²) in [5.41, 5.74) is 0. The maximum atomic E-state index is 5.36. The molecule has 0 fully saturated rings. The van der Waals surface area contributed by atoms with Crippen LogP contribution >= 0.6 is 0 Å². The minimum atomic E-state index is 0.329. The molecular formula is C9H22NO+. The first-order valence-corrected chi connectivity index (χ1v) is 4.55. The summed E-state index contributed by atoms with van der Waals surface area (Å²) >= 11 is 0. The maximum Gasteiger partial charge on any atom is 0.190 e. The highest BCUT2D eigenvalue weighted by molar-refractivity contribution is 4.38. The molecule has 2 heteroatoms. The van der Waals surface area contributed by atoms with Crippen LogP contribution in [0.3, 0.4) is 0 Å². The lowest BCUT2D eigenvalue weighted by Gasteiger charge is -2.40. The minimum Gasteiger partial charge on any atom is -0.333 e. The standard InChI is InChI=1S/C9H22NO/c1-6-10(7-2,8-3)9(4)11-5/h9H,6-8H2,1-5H3/q+1. The highest BCUT2D eigenvalue weighted by Gasteiger charge is 2.27. The molecule has 0 aromatic rings. The van der Waals surface area contributed by atoms with E-state index in [2.05, 4.69) is 27.7 Å². The Morgan fingerprint density at radius 2 is 1.45 bits per heavy atom. The minimum absolute atomic E-state index is 0.329. The number of hydrogen-bond donors (Lipinski definition) is 0. The fraction of sp³-hybridized carbons (Fsp3) is 1.00. The molecule has 0 saturated carbocycles. The molecule has 0 aromatic heterocycles. The van der Waals surface area contributed by atoms with Crippen LogP contribution in [0.25, 0.3) is 0 Å². The van der Waals surface area contributed by atoms with E-state index < -0.39 is 0 Å². The quantitative estimate of drug-likeness (QED) is 0.440. The summed E-state index contributed by atoms with van der Waals surface area (Å²) in [5.74, 6) is 0. The van der Waals surface area contributed by atoms with E-state index in [1.807, 2.05) is 0 Å². The van der Waals surface area contributed by atoms with Crippen LogP contribution in [0, 0.1) is 0 Å². The van der Waals surface area contributed by atoms with E-state index in [1.165, 1.54) is 0 Å². The molecule has 0 amide bonds. The number of nitrogens with zero attached hydrogens (tertiary/aromatic N) is 1. The van der Waals surface area contributed by atoms with Crippen molar-refractivity contribution in [3.8, 4) is 0 Å². The van der Waals surface area contributed by atoms with E-state index >= 15 is 0 Å². The molecule has 0 rings (SSSR count). The van der Waals surface area contributed by atoms with Gasteiger partial charge in [-0.3, -0.25) is 4.48 Å². The van der Waals surface area contributed by atoms with E-state index in [0.717, 1.165) is 24.1 Å². The summed E-state index contributed by atoms with van der Waals surface area (Å²) in [4.78, 5) is 0. The Kier molecular flexibility index (Phi) is 4.69. The first-order valence-electron chi connectivity index (χ1n) is 4.55. The number of quaternary nitrogens is 1. The molecule has 0 saturated heterocycles. The van der Waals surface area contributed by atoms with Crippen molar-refractivity contribution in [1.29, 1.82) is 0 Å². The second-order valence-electron chi connectivity index (χ2n) is 3.00. The van der Waals surface area contributed by atoms with Gasteiger partial charge in [-0.1, -0.05) is 0 Å². The van der Waals surface area contributed by atoms with E-state index in [1.54, 1.807) is 7.11 Å². The molecule has 11 heavy (non-hydrogen) atoms. The molecule has 1 unspecified atom stereocenters. The smallest absolute Gasteiger partial charge is 0.190 e. The molecule has 0 bridgehead atoms. The first kappa shape index (κ1) is 10.9. The van der Waals surface area contributed by atoms with E-state index in [-0.39, 0.29) is 0 Å². The normalized spacial score (nSPS) is 15.0. The number of hydrogen-bond acceptors (Lipinski definition) is 1. The van der Waals surface area contributed by atoms with E-state index in [4.69, 9.17) is 4.74 Å². The van der Waals surface area contributed by atoms with Crippen LogP contribution in [-0.2, 0) is 4.74 Å². The van der Waals surface area contributed by atoms with Gasteiger partial charge in [0.1, 0.15) is 0 Å². The monoisotopic (exact) mass is 160 g/mol. The van der Waals surface area contributed by atoms with Gasteiger partial charge in [-0.15, -0.1) is 0 Å². The molecule has 0 aliphatic rings. The largest absolute Gasteiger partial charge is 0.333 e. The maximum absolute atomic E-state index is 5.36. The summed E-state index contributed by atoms with van der Waals surface area (Å²) in [6.45, 7) is 12.3. The first-order chi connectivity index (χ1) is 5.16. The Hall–Kier alpha value is -0.0800. The Labute approximate surface area is 70.7 Å². The lowest BCUT2D eigenvalue weighted by atomic mass is 10.3.